The third kappa shape index (κ3) is 2.59. The number of anilines is 1. The standard InChI is InChI=1S/C15H13BrClN3/c16-12-3-1-2-11-14(9-4-6-10(17)7-5-9)20-13(18)8-19-15(11)12/h1-7,13,19H,8,18H2. The Labute approximate surface area is 131 Å². The molecule has 102 valence electrons. The van der Waals surface area contributed by atoms with Crippen LogP contribution in [0.1, 0.15) is 11.1 Å². The van der Waals surface area contributed by atoms with Crippen LogP contribution >= 0.6 is 27.5 Å². The van der Waals surface area contributed by atoms with Gasteiger partial charge >= 0.3 is 0 Å². The lowest BCUT2D eigenvalue weighted by atomic mass is 10.0. The highest BCUT2D eigenvalue weighted by Gasteiger charge is 2.19. The number of benzene rings is 2. The van der Waals surface area contributed by atoms with Crippen LogP contribution in [-0.4, -0.2) is 18.4 Å². The van der Waals surface area contributed by atoms with Crippen LogP contribution in [0.25, 0.3) is 0 Å². The Morgan fingerprint density at radius 1 is 1.20 bits per heavy atom. The monoisotopic (exact) mass is 349 g/mol. The summed E-state index contributed by atoms with van der Waals surface area (Å²) in [6.45, 7) is 0.604. The van der Waals surface area contributed by atoms with E-state index >= 15 is 0 Å². The number of rotatable bonds is 1. The summed E-state index contributed by atoms with van der Waals surface area (Å²) in [5.41, 5.74) is 9.98. The summed E-state index contributed by atoms with van der Waals surface area (Å²) in [7, 11) is 0. The van der Waals surface area contributed by atoms with Gasteiger partial charge in [-0.25, -0.2) is 0 Å². The quantitative estimate of drug-likeness (QED) is 0.825. The molecule has 3 N–H and O–H groups in total. The Morgan fingerprint density at radius 2 is 1.95 bits per heavy atom. The van der Waals surface area contributed by atoms with Crippen LogP contribution in [0.4, 0.5) is 5.69 Å². The fourth-order valence-electron chi connectivity index (χ4n) is 2.23. The number of aliphatic imine (C=N–C) groups is 1. The van der Waals surface area contributed by atoms with E-state index in [9.17, 15) is 0 Å². The fraction of sp³-hybridized carbons (Fsp3) is 0.133. The van der Waals surface area contributed by atoms with Crippen LogP contribution in [0.15, 0.2) is 51.9 Å². The molecule has 1 unspecified atom stereocenters. The lowest BCUT2D eigenvalue weighted by Crippen LogP contribution is -2.26. The molecule has 0 spiro atoms. The molecule has 0 amide bonds. The molecule has 3 rings (SSSR count). The first-order valence-corrected chi connectivity index (χ1v) is 7.44. The molecule has 0 bridgehead atoms. The number of nitrogens with two attached hydrogens (primary N) is 1. The summed E-state index contributed by atoms with van der Waals surface area (Å²) < 4.78 is 1.01. The van der Waals surface area contributed by atoms with Gasteiger partial charge in [-0.3, -0.25) is 4.99 Å². The third-order valence-electron chi connectivity index (χ3n) is 3.17. The SMILES string of the molecule is NC1CNc2c(Br)cccc2C(c2ccc(Cl)cc2)=N1. The predicted octanol–water partition coefficient (Wildman–Crippen LogP) is 3.65. The molecule has 0 saturated carbocycles. The summed E-state index contributed by atoms with van der Waals surface area (Å²) in [4.78, 5) is 4.63. The lowest BCUT2D eigenvalue weighted by molar-refractivity contribution is 0.750. The molecule has 1 aliphatic rings. The Hall–Kier alpha value is -1.36. The van der Waals surface area contributed by atoms with Gasteiger partial charge in [-0.05, 0) is 34.1 Å². The van der Waals surface area contributed by atoms with Gasteiger partial charge in [0.25, 0.3) is 0 Å². The molecule has 0 radical (unpaired) electrons. The van der Waals surface area contributed by atoms with Gasteiger partial charge in [-0.15, -0.1) is 0 Å². The van der Waals surface area contributed by atoms with Gasteiger partial charge in [0.05, 0.1) is 17.9 Å². The zero-order valence-corrected chi connectivity index (χ0v) is 12.9. The van der Waals surface area contributed by atoms with Gasteiger partial charge in [0.15, 0.2) is 0 Å². The van der Waals surface area contributed by atoms with Gasteiger partial charge in [-0.2, -0.15) is 0 Å². The maximum absolute atomic E-state index is 6.03. The fourth-order valence-corrected chi connectivity index (χ4v) is 2.86. The summed E-state index contributed by atoms with van der Waals surface area (Å²) in [5.74, 6) is 0. The molecular formula is C15H13BrClN3. The highest BCUT2D eigenvalue weighted by Crippen LogP contribution is 2.30. The van der Waals surface area contributed by atoms with E-state index in [1.807, 2.05) is 42.5 Å². The Balaban J connectivity index is 2.17. The molecule has 1 aliphatic heterocycles. The molecule has 0 aromatic heterocycles. The molecular weight excluding hydrogens is 338 g/mol. The Bertz CT molecular complexity index is 667. The first-order chi connectivity index (χ1) is 9.65. The molecule has 3 nitrogen and oxygen atoms in total. The van der Waals surface area contributed by atoms with Crippen LogP contribution in [0, 0.1) is 0 Å². The van der Waals surface area contributed by atoms with Gasteiger partial charge in [0.1, 0.15) is 6.17 Å². The number of nitrogens with zero attached hydrogens (tertiary/aromatic N) is 1. The number of para-hydroxylation sites is 1. The number of hydrogen-bond acceptors (Lipinski definition) is 3. The number of nitrogens with one attached hydrogen (secondary N) is 1. The largest absolute Gasteiger partial charge is 0.380 e. The zero-order valence-electron chi connectivity index (χ0n) is 10.6. The Kier molecular flexibility index (Phi) is 3.78. The molecule has 1 atom stereocenters. The molecule has 0 fully saturated rings. The minimum absolute atomic E-state index is 0.278. The predicted molar refractivity (Wildman–Crippen MR) is 87.7 cm³/mol. The van der Waals surface area contributed by atoms with Gasteiger partial charge in [0.2, 0.25) is 0 Å². The lowest BCUT2D eigenvalue weighted by Gasteiger charge is -2.12. The van der Waals surface area contributed by atoms with Crippen molar-refractivity contribution >= 4 is 38.9 Å². The molecule has 2 aromatic carbocycles. The number of benzodiazepines with no additional fused rings is 1. The van der Waals surface area contributed by atoms with Crippen molar-refractivity contribution < 1.29 is 0 Å². The average Bonchev–Trinajstić information content (AvgIpc) is 2.61. The second-order valence-electron chi connectivity index (χ2n) is 4.60. The van der Waals surface area contributed by atoms with Crippen molar-refractivity contribution in [2.24, 2.45) is 10.7 Å². The Morgan fingerprint density at radius 3 is 2.70 bits per heavy atom. The van der Waals surface area contributed by atoms with Crippen molar-refractivity contribution in [2.75, 3.05) is 11.9 Å². The smallest absolute Gasteiger partial charge is 0.115 e. The molecule has 5 heteroatoms. The van der Waals surface area contributed by atoms with Crippen molar-refractivity contribution in [3.8, 4) is 0 Å². The van der Waals surface area contributed by atoms with E-state index in [-0.39, 0.29) is 6.17 Å². The van der Waals surface area contributed by atoms with Gasteiger partial charge in [0, 0.05) is 20.6 Å². The highest BCUT2D eigenvalue weighted by atomic mass is 79.9. The average molecular weight is 351 g/mol. The van der Waals surface area contributed by atoms with Crippen molar-refractivity contribution in [3.63, 3.8) is 0 Å². The maximum atomic E-state index is 6.03. The minimum Gasteiger partial charge on any atom is -0.380 e. The molecule has 1 heterocycles. The van der Waals surface area contributed by atoms with Crippen LogP contribution < -0.4 is 11.1 Å². The van der Waals surface area contributed by atoms with Crippen LogP contribution in [0.3, 0.4) is 0 Å². The summed E-state index contributed by atoms with van der Waals surface area (Å²) in [6.07, 6.45) is -0.278. The summed E-state index contributed by atoms with van der Waals surface area (Å²) in [6, 6.07) is 13.7. The maximum Gasteiger partial charge on any atom is 0.115 e. The summed E-state index contributed by atoms with van der Waals surface area (Å²) in [5, 5.41) is 4.05. The van der Waals surface area contributed by atoms with E-state index in [4.69, 9.17) is 17.3 Å². The van der Waals surface area contributed by atoms with Crippen LogP contribution in [-0.2, 0) is 0 Å². The zero-order chi connectivity index (χ0) is 14.1. The van der Waals surface area contributed by atoms with E-state index in [1.54, 1.807) is 0 Å². The van der Waals surface area contributed by atoms with E-state index in [1.165, 1.54) is 0 Å². The van der Waals surface area contributed by atoms with Crippen molar-refractivity contribution in [1.29, 1.82) is 0 Å². The van der Waals surface area contributed by atoms with Crippen LogP contribution in [0.5, 0.6) is 0 Å². The number of fused-ring (bicyclic) bond motifs is 1. The minimum atomic E-state index is -0.278. The van der Waals surface area contributed by atoms with Gasteiger partial charge < -0.3 is 11.1 Å². The molecule has 0 aliphatic carbocycles. The number of halogens is 2. The molecule has 0 saturated heterocycles. The second-order valence-corrected chi connectivity index (χ2v) is 5.89. The molecule has 20 heavy (non-hydrogen) atoms. The first-order valence-electron chi connectivity index (χ1n) is 6.27. The first kappa shape index (κ1) is 13.6. The molecule has 2 aromatic rings. The van der Waals surface area contributed by atoms with E-state index in [0.717, 1.165) is 27.0 Å². The van der Waals surface area contributed by atoms with Crippen molar-refractivity contribution in [1.82, 2.24) is 0 Å². The van der Waals surface area contributed by atoms with Crippen molar-refractivity contribution in [3.05, 3.63) is 63.1 Å². The third-order valence-corrected chi connectivity index (χ3v) is 4.08. The van der Waals surface area contributed by atoms with E-state index in [0.29, 0.717) is 11.6 Å². The van der Waals surface area contributed by atoms with Crippen molar-refractivity contribution in [2.45, 2.75) is 6.17 Å². The summed E-state index contributed by atoms with van der Waals surface area (Å²) >= 11 is 9.52. The normalized spacial score (nSPS) is 17.8. The highest BCUT2D eigenvalue weighted by molar-refractivity contribution is 9.10. The van der Waals surface area contributed by atoms with Crippen LogP contribution in [0.2, 0.25) is 5.02 Å². The topological polar surface area (TPSA) is 50.4 Å². The second kappa shape index (κ2) is 5.56. The van der Waals surface area contributed by atoms with Gasteiger partial charge in [-0.1, -0.05) is 35.9 Å². The number of hydrogen-bond donors (Lipinski definition) is 2. The van der Waals surface area contributed by atoms with E-state index < -0.39 is 0 Å². The van der Waals surface area contributed by atoms with E-state index in [2.05, 4.69) is 26.2 Å².